The summed E-state index contributed by atoms with van der Waals surface area (Å²) in [6.07, 6.45) is 3.16. The minimum atomic E-state index is -0.240. The number of aryl methyl sites for hydroxylation is 2. The van der Waals surface area contributed by atoms with Crippen LogP contribution in [-0.2, 0) is 13.0 Å². The highest BCUT2D eigenvalue weighted by Gasteiger charge is 2.16. The Hall–Kier alpha value is -1.79. The second-order valence-electron chi connectivity index (χ2n) is 4.82. The molecule has 0 bridgehead atoms. The van der Waals surface area contributed by atoms with Crippen molar-refractivity contribution in [2.24, 2.45) is 5.84 Å². The monoisotopic (exact) mass is 277 g/mol. The van der Waals surface area contributed by atoms with E-state index in [1.807, 2.05) is 11.6 Å². The number of halogens is 1. The van der Waals surface area contributed by atoms with Crippen molar-refractivity contribution in [2.75, 3.05) is 0 Å². The predicted molar refractivity (Wildman–Crippen MR) is 75.2 cm³/mol. The smallest absolute Gasteiger partial charge is 0.138 e. The fraction of sp³-hybridized carbons (Fsp3) is 0.429. The molecule has 3 N–H and O–H groups in total. The van der Waals surface area contributed by atoms with Gasteiger partial charge in [-0.25, -0.2) is 9.37 Å². The first kappa shape index (κ1) is 14.6. The van der Waals surface area contributed by atoms with Gasteiger partial charge in [0.2, 0.25) is 0 Å². The van der Waals surface area contributed by atoms with Crippen LogP contribution in [0.5, 0.6) is 0 Å². The zero-order chi connectivity index (χ0) is 14.5. The third-order valence-corrected chi connectivity index (χ3v) is 3.33. The van der Waals surface area contributed by atoms with Crippen molar-refractivity contribution >= 4 is 0 Å². The average Bonchev–Trinajstić information content (AvgIpc) is 2.84. The summed E-state index contributed by atoms with van der Waals surface area (Å²) in [7, 11) is 0. The van der Waals surface area contributed by atoms with Gasteiger partial charge < -0.3 is 0 Å². The Balaban J connectivity index is 2.22. The normalized spacial score (nSPS) is 12.6. The van der Waals surface area contributed by atoms with Crippen molar-refractivity contribution in [3.63, 3.8) is 0 Å². The van der Waals surface area contributed by atoms with Crippen molar-refractivity contribution in [3.05, 3.63) is 47.3 Å². The summed E-state index contributed by atoms with van der Waals surface area (Å²) in [6, 6.07) is 4.60. The van der Waals surface area contributed by atoms with E-state index in [0.717, 1.165) is 29.9 Å². The molecular weight excluding hydrogens is 257 g/mol. The minimum absolute atomic E-state index is 0.115. The van der Waals surface area contributed by atoms with Crippen LogP contribution in [0.1, 0.15) is 36.3 Å². The van der Waals surface area contributed by atoms with Crippen LogP contribution in [0.3, 0.4) is 0 Å². The lowest BCUT2D eigenvalue weighted by Gasteiger charge is -2.18. The minimum Gasteiger partial charge on any atom is -0.271 e. The van der Waals surface area contributed by atoms with E-state index in [-0.39, 0.29) is 11.9 Å². The molecular formula is C14H20FN5. The largest absolute Gasteiger partial charge is 0.271 e. The van der Waals surface area contributed by atoms with Crippen molar-refractivity contribution in [2.45, 2.75) is 39.3 Å². The topological polar surface area (TPSA) is 68.8 Å². The van der Waals surface area contributed by atoms with Gasteiger partial charge in [0.1, 0.15) is 18.0 Å². The maximum Gasteiger partial charge on any atom is 0.138 e. The molecule has 1 unspecified atom stereocenters. The Morgan fingerprint density at radius 3 is 2.90 bits per heavy atom. The Bertz CT molecular complexity index is 566. The van der Waals surface area contributed by atoms with Crippen LogP contribution in [0.25, 0.3) is 0 Å². The number of benzene rings is 1. The summed E-state index contributed by atoms with van der Waals surface area (Å²) in [6.45, 7) is 4.79. The first-order valence-electron chi connectivity index (χ1n) is 6.74. The molecule has 1 atom stereocenters. The highest BCUT2D eigenvalue weighted by Crippen LogP contribution is 2.21. The third-order valence-electron chi connectivity index (χ3n) is 3.33. The van der Waals surface area contributed by atoms with Crippen LogP contribution < -0.4 is 11.3 Å². The molecule has 0 radical (unpaired) electrons. The van der Waals surface area contributed by atoms with Crippen LogP contribution in [0.2, 0.25) is 0 Å². The zero-order valence-corrected chi connectivity index (χ0v) is 11.8. The Kier molecular flexibility index (Phi) is 4.81. The number of rotatable bonds is 6. The van der Waals surface area contributed by atoms with E-state index in [9.17, 15) is 4.39 Å². The number of hydrogen-bond donors (Lipinski definition) is 2. The van der Waals surface area contributed by atoms with Crippen LogP contribution >= 0.6 is 0 Å². The number of hydrazine groups is 1. The van der Waals surface area contributed by atoms with Crippen molar-refractivity contribution in [3.8, 4) is 0 Å². The van der Waals surface area contributed by atoms with E-state index >= 15 is 0 Å². The van der Waals surface area contributed by atoms with Gasteiger partial charge in [-0.2, -0.15) is 5.10 Å². The molecule has 0 aliphatic heterocycles. The number of nitrogens with one attached hydrogen (secondary N) is 1. The van der Waals surface area contributed by atoms with E-state index in [2.05, 4.69) is 22.4 Å². The van der Waals surface area contributed by atoms with Gasteiger partial charge in [0.15, 0.2) is 0 Å². The molecule has 6 heteroatoms. The van der Waals surface area contributed by atoms with Crippen LogP contribution in [0, 0.1) is 12.7 Å². The summed E-state index contributed by atoms with van der Waals surface area (Å²) in [5, 5.41) is 4.20. The molecule has 0 fully saturated rings. The van der Waals surface area contributed by atoms with E-state index in [1.54, 1.807) is 12.4 Å². The average molecular weight is 277 g/mol. The Morgan fingerprint density at radius 2 is 2.25 bits per heavy atom. The molecule has 1 aromatic carbocycles. The lowest BCUT2D eigenvalue weighted by Crippen LogP contribution is -2.31. The summed E-state index contributed by atoms with van der Waals surface area (Å²) >= 11 is 0. The van der Waals surface area contributed by atoms with Crippen molar-refractivity contribution in [1.82, 2.24) is 20.2 Å². The molecule has 108 valence electrons. The van der Waals surface area contributed by atoms with Gasteiger partial charge in [-0.1, -0.05) is 13.0 Å². The molecule has 0 saturated heterocycles. The highest BCUT2D eigenvalue weighted by atomic mass is 19.1. The van der Waals surface area contributed by atoms with Gasteiger partial charge in [0.25, 0.3) is 0 Å². The van der Waals surface area contributed by atoms with Crippen molar-refractivity contribution < 1.29 is 4.39 Å². The molecule has 0 aliphatic rings. The van der Waals surface area contributed by atoms with Crippen LogP contribution in [0.4, 0.5) is 4.39 Å². The second-order valence-corrected chi connectivity index (χ2v) is 4.82. The maximum absolute atomic E-state index is 13.2. The van der Waals surface area contributed by atoms with E-state index in [0.29, 0.717) is 6.42 Å². The zero-order valence-electron chi connectivity index (χ0n) is 11.8. The maximum atomic E-state index is 13.2. The lowest BCUT2D eigenvalue weighted by atomic mass is 9.99. The molecule has 0 amide bonds. The third kappa shape index (κ3) is 3.20. The summed E-state index contributed by atoms with van der Waals surface area (Å²) in [5.74, 6) is 6.29. The fourth-order valence-electron chi connectivity index (χ4n) is 2.32. The highest BCUT2D eigenvalue weighted by molar-refractivity contribution is 5.30. The second kappa shape index (κ2) is 6.58. The molecule has 2 aromatic rings. The molecule has 20 heavy (non-hydrogen) atoms. The number of aromatic nitrogens is 3. The molecule has 1 heterocycles. The van der Waals surface area contributed by atoms with Gasteiger partial charge in [-0.05, 0) is 36.6 Å². The predicted octanol–water partition coefficient (Wildman–Crippen LogP) is 1.88. The van der Waals surface area contributed by atoms with Gasteiger partial charge in [0, 0.05) is 13.0 Å². The molecule has 0 saturated carbocycles. The van der Waals surface area contributed by atoms with Crippen LogP contribution in [-0.4, -0.2) is 14.8 Å². The summed E-state index contributed by atoms with van der Waals surface area (Å²) < 4.78 is 15.1. The fourth-order valence-corrected chi connectivity index (χ4v) is 2.32. The standard InChI is InChI=1S/C14H20FN5/c1-3-6-20-14(17-9-18-20)8-13(19-16)12-5-4-11(15)7-10(12)2/h4-5,7,9,13,19H,3,6,8,16H2,1-2H3. The number of nitrogens with zero attached hydrogens (tertiary/aromatic N) is 3. The molecule has 0 aliphatic carbocycles. The Labute approximate surface area is 118 Å². The van der Waals surface area contributed by atoms with E-state index in [1.165, 1.54) is 12.1 Å². The quantitative estimate of drug-likeness (QED) is 0.625. The van der Waals surface area contributed by atoms with E-state index in [4.69, 9.17) is 5.84 Å². The Morgan fingerprint density at radius 1 is 1.45 bits per heavy atom. The molecule has 0 spiro atoms. The van der Waals surface area contributed by atoms with Gasteiger partial charge in [0.05, 0.1) is 6.04 Å². The number of nitrogens with two attached hydrogens (primary N) is 1. The van der Waals surface area contributed by atoms with Gasteiger partial charge in [-0.15, -0.1) is 0 Å². The van der Waals surface area contributed by atoms with Gasteiger partial charge in [-0.3, -0.25) is 16.0 Å². The lowest BCUT2D eigenvalue weighted by molar-refractivity contribution is 0.496. The first-order valence-corrected chi connectivity index (χ1v) is 6.74. The van der Waals surface area contributed by atoms with Gasteiger partial charge >= 0.3 is 0 Å². The SMILES string of the molecule is CCCn1ncnc1CC(NN)c1ccc(F)cc1C. The van der Waals surface area contributed by atoms with Crippen molar-refractivity contribution in [1.29, 1.82) is 0 Å². The molecule has 2 rings (SSSR count). The molecule has 1 aromatic heterocycles. The summed E-state index contributed by atoms with van der Waals surface area (Å²) in [5.41, 5.74) is 4.62. The van der Waals surface area contributed by atoms with E-state index < -0.39 is 0 Å². The first-order chi connectivity index (χ1) is 9.65. The molecule has 5 nitrogen and oxygen atoms in total. The van der Waals surface area contributed by atoms with Crippen LogP contribution in [0.15, 0.2) is 24.5 Å². The summed E-state index contributed by atoms with van der Waals surface area (Å²) in [4.78, 5) is 4.28. The number of hydrogen-bond acceptors (Lipinski definition) is 4.